The summed E-state index contributed by atoms with van der Waals surface area (Å²) in [6, 6.07) is 1.72. The lowest BCUT2D eigenvalue weighted by Crippen LogP contribution is -2.07. The van der Waals surface area contributed by atoms with E-state index in [1.54, 1.807) is 23.0 Å². The van der Waals surface area contributed by atoms with Gasteiger partial charge in [-0.2, -0.15) is 10.2 Å². The maximum atomic E-state index is 12.0. The summed E-state index contributed by atoms with van der Waals surface area (Å²) >= 11 is 3.42. The molecule has 0 atom stereocenters. The second-order valence-corrected chi connectivity index (χ2v) is 4.80. The monoisotopic (exact) mass is 322 g/mol. The predicted molar refractivity (Wildman–Crippen MR) is 76.9 cm³/mol. The average molecular weight is 323 g/mol. The molecule has 0 saturated heterocycles. The van der Waals surface area contributed by atoms with Crippen molar-refractivity contribution in [2.24, 2.45) is 0 Å². The Morgan fingerprint density at radius 3 is 2.84 bits per heavy atom. The number of allylic oxidation sites excluding steroid dienone is 1. The van der Waals surface area contributed by atoms with Crippen molar-refractivity contribution in [3.63, 3.8) is 0 Å². The summed E-state index contributed by atoms with van der Waals surface area (Å²) in [5.41, 5.74) is 1.34. The predicted octanol–water partition coefficient (Wildman–Crippen LogP) is 2.78. The molecule has 6 heteroatoms. The van der Waals surface area contributed by atoms with E-state index in [4.69, 9.17) is 0 Å². The van der Waals surface area contributed by atoms with Crippen LogP contribution in [0.3, 0.4) is 0 Å². The summed E-state index contributed by atoms with van der Waals surface area (Å²) in [6.45, 7) is 5.43. The van der Waals surface area contributed by atoms with Crippen LogP contribution in [-0.4, -0.2) is 25.3 Å². The van der Waals surface area contributed by atoms with Gasteiger partial charge < -0.3 is 0 Å². The number of hydrogen-bond acceptors (Lipinski definition) is 3. The Labute approximate surface area is 120 Å². The summed E-state index contributed by atoms with van der Waals surface area (Å²) < 4.78 is 4.36. The Kier molecular flexibility index (Phi) is 4.31. The molecule has 5 nitrogen and oxygen atoms in total. The van der Waals surface area contributed by atoms with Crippen molar-refractivity contribution >= 4 is 27.8 Å². The number of ketones is 1. The average Bonchev–Trinajstić information content (AvgIpc) is 3.02. The van der Waals surface area contributed by atoms with Crippen LogP contribution in [0.1, 0.15) is 30.0 Å². The first kappa shape index (κ1) is 13.7. The maximum Gasteiger partial charge on any atom is 0.203 e. The van der Waals surface area contributed by atoms with Gasteiger partial charge in [0.15, 0.2) is 0 Å². The molecule has 2 aromatic rings. The molecule has 0 amide bonds. The maximum absolute atomic E-state index is 12.0. The van der Waals surface area contributed by atoms with Crippen molar-refractivity contribution in [3.8, 4) is 0 Å². The van der Waals surface area contributed by atoms with Crippen LogP contribution in [0, 0.1) is 0 Å². The molecule has 0 spiro atoms. The molecule has 0 bridgehead atoms. The van der Waals surface area contributed by atoms with Gasteiger partial charge in [-0.05, 0) is 48.0 Å². The third kappa shape index (κ3) is 3.01. The number of carbonyl (C=O) groups excluding carboxylic acids is 1. The van der Waals surface area contributed by atoms with Crippen LogP contribution in [0.5, 0.6) is 0 Å². The number of halogens is 1. The van der Waals surface area contributed by atoms with Crippen LogP contribution < -0.4 is 0 Å². The zero-order chi connectivity index (χ0) is 13.8. The molecule has 19 heavy (non-hydrogen) atoms. The second kappa shape index (κ2) is 5.97. The topological polar surface area (TPSA) is 52.7 Å². The molecule has 0 aromatic carbocycles. The van der Waals surface area contributed by atoms with E-state index in [9.17, 15) is 4.79 Å². The fourth-order valence-electron chi connectivity index (χ4n) is 1.72. The number of rotatable bonds is 5. The van der Waals surface area contributed by atoms with Crippen LogP contribution in [0.25, 0.3) is 6.08 Å². The molecular weight excluding hydrogens is 308 g/mol. The molecule has 0 aliphatic rings. The Balaban J connectivity index is 2.18. The first-order valence-corrected chi connectivity index (χ1v) is 6.92. The fraction of sp³-hybridized carbons (Fsp3) is 0.308. The smallest absolute Gasteiger partial charge is 0.203 e. The van der Waals surface area contributed by atoms with Gasteiger partial charge in [-0.3, -0.25) is 14.2 Å². The van der Waals surface area contributed by atoms with Gasteiger partial charge in [0.1, 0.15) is 5.69 Å². The molecule has 0 N–H and O–H groups in total. The molecular formula is C13H15BrN4O. The highest BCUT2D eigenvalue weighted by molar-refractivity contribution is 9.10. The van der Waals surface area contributed by atoms with E-state index in [0.717, 1.165) is 16.7 Å². The van der Waals surface area contributed by atoms with Crippen molar-refractivity contribution in [2.45, 2.75) is 26.9 Å². The normalized spacial score (nSPS) is 11.3. The van der Waals surface area contributed by atoms with E-state index in [1.807, 2.05) is 24.7 Å². The molecule has 0 aliphatic carbocycles. The lowest BCUT2D eigenvalue weighted by Gasteiger charge is -1.99. The van der Waals surface area contributed by atoms with Crippen LogP contribution in [0.15, 0.2) is 29.0 Å². The molecule has 0 radical (unpaired) electrons. The Hall–Kier alpha value is -1.69. The number of nitrogens with zero attached hydrogens (tertiary/aromatic N) is 4. The third-order valence-electron chi connectivity index (χ3n) is 2.73. The molecule has 2 rings (SSSR count). The summed E-state index contributed by atoms with van der Waals surface area (Å²) in [5.74, 6) is -0.0719. The Morgan fingerprint density at radius 2 is 2.21 bits per heavy atom. The van der Waals surface area contributed by atoms with E-state index in [0.29, 0.717) is 12.2 Å². The van der Waals surface area contributed by atoms with E-state index >= 15 is 0 Å². The zero-order valence-corrected chi connectivity index (χ0v) is 12.5. The third-order valence-corrected chi connectivity index (χ3v) is 3.34. The fourth-order valence-corrected chi connectivity index (χ4v) is 2.17. The standard InChI is InChI=1S/C13H15BrN4O/c1-3-17-9-10(14)11(16-17)5-6-13(19)12-7-8-15-18(12)4-2/h5-9H,3-4H2,1-2H3/b6-5+. The number of aromatic nitrogens is 4. The highest BCUT2D eigenvalue weighted by atomic mass is 79.9. The number of hydrogen-bond donors (Lipinski definition) is 0. The van der Waals surface area contributed by atoms with Gasteiger partial charge in [0, 0.05) is 25.5 Å². The Morgan fingerprint density at radius 1 is 1.42 bits per heavy atom. The van der Waals surface area contributed by atoms with E-state index in [2.05, 4.69) is 26.1 Å². The minimum atomic E-state index is -0.0719. The quantitative estimate of drug-likeness (QED) is 0.628. The van der Waals surface area contributed by atoms with Crippen molar-refractivity contribution < 1.29 is 4.79 Å². The van der Waals surface area contributed by atoms with Crippen molar-refractivity contribution in [1.82, 2.24) is 19.6 Å². The van der Waals surface area contributed by atoms with Crippen LogP contribution in [0.2, 0.25) is 0 Å². The minimum absolute atomic E-state index is 0.0719. The first-order valence-electron chi connectivity index (χ1n) is 6.12. The molecule has 2 heterocycles. The molecule has 0 fully saturated rings. The van der Waals surface area contributed by atoms with Gasteiger partial charge in [-0.25, -0.2) is 0 Å². The zero-order valence-electron chi connectivity index (χ0n) is 10.9. The molecule has 0 aliphatic heterocycles. The van der Waals surface area contributed by atoms with Crippen molar-refractivity contribution in [2.75, 3.05) is 0 Å². The van der Waals surface area contributed by atoms with Crippen LogP contribution >= 0.6 is 15.9 Å². The minimum Gasteiger partial charge on any atom is -0.288 e. The SMILES string of the molecule is CCn1cc(Br)c(/C=C/C(=O)c2ccnn2CC)n1. The number of aryl methyl sites for hydroxylation is 2. The van der Waals surface area contributed by atoms with E-state index in [-0.39, 0.29) is 5.78 Å². The van der Waals surface area contributed by atoms with Crippen molar-refractivity contribution in [1.29, 1.82) is 0 Å². The van der Waals surface area contributed by atoms with Gasteiger partial charge in [0.05, 0.1) is 10.2 Å². The molecule has 0 saturated carbocycles. The van der Waals surface area contributed by atoms with E-state index < -0.39 is 0 Å². The largest absolute Gasteiger partial charge is 0.288 e. The highest BCUT2D eigenvalue weighted by Gasteiger charge is 2.08. The lowest BCUT2D eigenvalue weighted by molar-refractivity contribution is 0.103. The summed E-state index contributed by atoms with van der Waals surface area (Å²) in [5, 5.41) is 8.41. The second-order valence-electron chi connectivity index (χ2n) is 3.95. The summed E-state index contributed by atoms with van der Waals surface area (Å²) in [4.78, 5) is 12.0. The van der Waals surface area contributed by atoms with Gasteiger partial charge in [0.25, 0.3) is 0 Å². The Bertz CT molecular complexity index is 612. The molecule has 0 unspecified atom stereocenters. The van der Waals surface area contributed by atoms with Gasteiger partial charge >= 0.3 is 0 Å². The van der Waals surface area contributed by atoms with Gasteiger partial charge in [0.2, 0.25) is 5.78 Å². The summed E-state index contributed by atoms with van der Waals surface area (Å²) in [7, 11) is 0. The van der Waals surface area contributed by atoms with Gasteiger partial charge in [-0.15, -0.1) is 0 Å². The number of carbonyl (C=O) groups is 1. The van der Waals surface area contributed by atoms with Crippen molar-refractivity contribution in [3.05, 3.63) is 40.4 Å². The van der Waals surface area contributed by atoms with Crippen LogP contribution in [0.4, 0.5) is 0 Å². The summed E-state index contributed by atoms with van der Waals surface area (Å²) in [6.07, 6.45) is 6.76. The lowest BCUT2D eigenvalue weighted by atomic mass is 10.2. The molecule has 100 valence electrons. The first-order chi connectivity index (χ1) is 9.15. The van der Waals surface area contributed by atoms with E-state index in [1.165, 1.54) is 6.08 Å². The van der Waals surface area contributed by atoms with Gasteiger partial charge in [-0.1, -0.05) is 0 Å². The van der Waals surface area contributed by atoms with Crippen LogP contribution in [-0.2, 0) is 13.1 Å². The highest BCUT2D eigenvalue weighted by Crippen LogP contribution is 2.16. The molecule has 2 aromatic heterocycles.